The van der Waals surface area contributed by atoms with Crippen LogP contribution in [0.4, 0.5) is 0 Å². The first-order chi connectivity index (χ1) is 9.63. The Bertz CT molecular complexity index is 623. The fourth-order valence-electron chi connectivity index (χ4n) is 2.50. The molecule has 20 heavy (non-hydrogen) atoms. The Morgan fingerprint density at radius 1 is 1.10 bits per heavy atom. The maximum Gasteiger partial charge on any atom is 0.128 e. The summed E-state index contributed by atoms with van der Waals surface area (Å²) in [6.07, 6.45) is 0.714. The second-order valence-electron chi connectivity index (χ2n) is 4.93. The average Bonchev–Trinajstić information content (AvgIpc) is 2.88. The lowest BCUT2D eigenvalue weighted by molar-refractivity contribution is 0.173. The van der Waals surface area contributed by atoms with Crippen molar-refractivity contribution in [3.8, 4) is 5.75 Å². The second kappa shape index (κ2) is 5.65. The Kier molecular flexibility index (Phi) is 3.88. The number of fused-ring (bicyclic) bond motifs is 1. The van der Waals surface area contributed by atoms with Crippen molar-refractivity contribution >= 4 is 23.2 Å². The number of rotatable bonds is 3. The van der Waals surface area contributed by atoms with E-state index in [1.54, 1.807) is 6.07 Å². The molecule has 0 spiro atoms. The van der Waals surface area contributed by atoms with Crippen molar-refractivity contribution in [1.29, 1.82) is 0 Å². The highest BCUT2D eigenvalue weighted by molar-refractivity contribution is 6.31. The lowest BCUT2D eigenvalue weighted by atomic mass is 9.98. The first-order valence-corrected chi connectivity index (χ1v) is 7.26. The number of aliphatic hydroxyl groups excluding tert-OH is 1. The van der Waals surface area contributed by atoms with Gasteiger partial charge in [0.25, 0.3) is 0 Å². The molecule has 3 rings (SSSR count). The van der Waals surface area contributed by atoms with Crippen molar-refractivity contribution in [2.75, 3.05) is 6.61 Å². The summed E-state index contributed by atoms with van der Waals surface area (Å²) in [6.45, 7) is 0.649. The van der Waals surface area contributed by atoms with Crippen LogP contribution in [0.15, 0.2) is 36.4 Å². The van der Waals surface area contributed by atoms with Crippen molar-refractivity contribution in [3.63, 3.8) is 0 Å². The molecule has 0 saturated carbocycles. The van der Waals surface area contributed by atoms with E-state index < -0.39 is 6.10 Å². The molecule has 0 fully saturated rings. The Labute approximate surface area is 127 Å². The van der Waals surface area contributed by atoms with Gasteiger partial charge in [-0.2, -0.15) is 0 Å². The molecule has 1 heterocycles. The number of benzene rings is 2. The van der Waals surface area contributed by atoms with E-state index in [1.807, 2.05) is 30.3 Å². The smallest absolute Gasteiger partial charge is 0.128 e. The molecule has 2 aromatic carbocycles. The van der Waals surface area contributed by atoms with Crippen LogP contribution < -0.4 is 4.74 Å². The van der Waals surface area contributed by atoms with Crippen LogP contribution >= 0.6 is 23.2 Å². The molecule has 1 atom stereocenters. The van der Waals surface area contributed by atoms with Gasteiger partial charge in [-0.1, -0.05) is 35.3 Å². The second-order valence-corrected chi connectivity index (χ2v) is 5.80. The molecule has 2 aromatic rings. The van der Waals surface area contributed by atoms with Crippen molar-refractivity contribution in [2.45, 2.75) is 18.9 Å². The highest BCUT2D eigenvalue weighted by Gasteiger charge is 2.22. The summed E-state index contributed by atoms with van der Waals surface area (Å²) < 4.78 is 5.62. The summed E-state index contributed by atoms with van der Waals surface area (Å²) in [4.78, 5) is 0. The average molecular weight is 309 g/mol. The minimum absolute atomic E-state index is 0.507. The van der Waals surface area contributed by atoms with Crippen molar-refractivity contribution in [3.05, 3.63) is 63.1 Å². The normalized spacial score (nSPS) is 14.8. The topological polar surface area (TPSA) is 29.5 Å². The van der Waals surface area contributed by atoms with Gasteiger partial charge in [-0.05, 0) is 35.4 Å². The van der Waals surface area contributed by atoms with Gasteiger partial charge in [0.05, 0.1) is 12.7 Å². The Morgan fingerprint density at radius 2 is 1.85 bits per heavy atom. The molecule has 1 unspecified atom stereocenters. The molecule has 0 bridgehead atoms. The first kappa shape index (κ1) is 13.7. The quantitative estimate of drug-likeness (QED) is 0.920. The monoisotopic (exact) mass is 308 g/mol. The lowest BCUT2D eigenvalue weighted by Crippen LogP contribution is -2.04. The first-order valence-electron chi connectivity index (χ1n) is 6.51. The predicted octanol–water partition coefficient (Wildman–Crippen LogP) is 4.20. The van der Waals surface area contributed by atoms with Crippen LogP contribution in [0.3, 0.4) is 0 Å². The van der Waals surface area contributed by atoms with E-state index >= 15 is 0 Å². The third-order valence-corrected chi connectivity index (χ3v) is 3.95. The zero-order valence-corrected chi connectivity index (χ0v) is 12.3. The van der Waals surface area contributed by atoms with Crippen LogP contribution in [0.25, 0.3) is 0 Å². The molecule has 2 nitrogen and oxygen atoms in total. The predicted molar refractivity (Wildman–Crippen MR) is 80.8 cm³/mol. The minimum Gasteiger partial charge on any atom is -0.493 e. The third kappa shape index (κ3) is 2.78. The van der Waals surface area contributed by atoms with Gasteiger partial charge in [0.2, 0.25) is 0 Å². The van der Waals surface area contributed by atoms with E-state index in [0.29, 0.717) is 23.1 Å². The molecule has 1 aliphatic rings. The molecule has 1 aliphatic heterocycles. The highest BCUT2D eigenvalue weighted by Crippen LogP contribution is 2.37. The number of halogens is 2. The molecule has 0 aliphatic carbocycles. The minimum atomic E-state index is -0.637. The fourth-order valence-corrected chi connectivity index (χ4v) is 2.87. The molecule has 0 radical (unpaired) electrons. The van der Waals surface area contributed by atoms with E-state index in [0.717, 1.165) is 28.9 Å². The van der Waals surface area contributed by atoms with E-state index in [-0.39, 0.29) is 0 Å². The van der Waals surface area contributed by atoms with Crippen molar-refractivity contribution < 1.29 is 9.84 Å². The van der Waals surface area contributed by atoms with Gasteiger partial charge in [0.1, 0.15) is 5.75 Å². The SMILES string of the molecule is OC(Cc1ccc(Cl)cc1)c1cc(Cl)cc2c1OCC2. The van der Waals surface area contributed by atoms with Crippen LogP contribution in [-0.2, 0) is 12.8 Å². The zero-order chi connectivity index (χ0) is 14.1. The van der Waals surface area contributed by atoms with Crippen molar-refractivity contribution in [2.24, 2.45) is 0 Å². The summed E-state index contributed by atoms with van der Waals surface area (Å²) in [5, 5.41) is 11.8. The Hall–Kier alpha value is -1.22. The van der Waals surface area contributed by atoms with Crippen molar-refractivity contribution in [1.82, 2.24) is 0 Å². The molecule has 4 heteroatoms. The van der Waals surface area contributed by atoms with Gasteiger partial charge >= 0.3 is 0 Å². The van der Waals surface area contributed by atoms with Crippen LogP contribution in [0.2, 0.25) is 10.0 Å². The number of hydrogen-bond donors (Lipinski definition) is 1. The van der Waals surface area contributed by atoms with E-state index in [4.69, 9.17) is 27.9 Å². The summed E-state index contributed by atoms with van der Waals surface area (Å²) in [7, 11) is 0. The van der Waals surface area contributed by atoms with Crippen LogP contribution in [0.5, 0.6) is 5.75 Å². The Balaban J connectivity index is 1.87. The molecule has 0 saturated heterocycles. The van der Waals surface area contributed by atoms with E-state index in [2.05, 4.69) is 0 Å². The highest BCUT2D eigenvalue weighted by atomic mass is 35.5. The van der Waals surface area contributed by atoms with Crippen LogP contribution in [-0.4, -0.2) is 11.7 Å². The number of aliphatic hydroxyl groups is 1. The molecule has 0 amide bonds. The lowest BCUT2D eigenvalue weighted by Gasteiger charge is -2.15. The standard InChI is InChI=1S/C16H14Cl2O2/c17-12-3-1-10(2-4-12)7-15(19)14-9-13(18)8-11-5-6-20-16(11)14/h1-4,8-9,15,19H,5-7H2. The maximum absolute atomic E-state index is 10.5. The molecule has 104 valence electrons. The fraction of sp³-hybridized carbons (Fsp3) is 0.250. The number of hydrogen-bond acceptors (Lipinski definition) is 2. The molecular formula is C16H14Cl2O2. The summed E-state index contributed by atoms with van der Waals surface area (Å²) in [6, 6.07) is 11.2. The van der Waals surface area contributed by atoms with Crippen LogP contribution in [0.1, 0.15) is 22.8 Å². The Morgan fingerprint density at radius 3 is 2.60 bits per heavy atom. The molecular weight excluding hydrogens is 295 g/mol. The number of ether oxygens (including phenoxy) is 1. The van der Waals surface area contributed by atoms with Gasteiger partial charge < -0.3 is 9.84 Å². The molecule has 1 N–H and O–H groups in total. The third-order valence-electron chi connectivity index (χ3n) is 3.48. The summed E-state index contributed by atoms with van der Waals surface area (Å²) in [5.41, 5.74) is 2.86. The summed E-state index contributed by atoms with van der Waals surface area (Å²) >= 11 is 12.0. The van der Waals surface area contributed by atoms with E-state index in [1.165, 1.54) is 0 Å². The molecule has 0 aromatic heterocycles. The largest absolute Gasteiger partial charge is 0.493 e. The van der Waals surface area contributed by atoms with Gasteiger partial charge in [-0.25, -0.2) is 0 Å². The zero-order valence-electron chi connectivity index (χ0n) is 10.8. The van der Waals surface area contributed by atoms with Gasteiger partial charge in [-0.15, -0.1) is 0 Å². The van der Waals surface area contributed by atoms with E-state index in [9.17, 15) is 5.11 Å². The van der Waals surface area contributed by atoms with Gasteiger partial charge in [-0.3, -0.25) is 0 Å². The van der Waals surface area contributed by atoms with Gasteiger partial charge in [0.15, 0.2) is 0 Å². The van der Waals surface area contributed by atoms with Crippen LogP contribution in [0, 0.1) is 0 Å². The maximum atomic E-state index is 10.5. The van der Waals surface area contributed by atoms with Gasteiger partial charge in [0, 0.05) is 28.5 Å². The summed E-state index contributed by atoms with van der Waals surface area (Å²) in [5.74, 6) is 0.788.